The highest BCUT2D eigenvalue weighted by Crippen LogP contribution is 2.24. The Balaban J connectivity index is 1.43. The molecule has 2 fully saturated rings. The molecule has 0 saturated carbocycles. The number of hydrogen-bond donors (Lipinski definition) is 2. The van der Waals surface area contributed by atoms with Crippen LogP contribution in [0.4, 0.5) is 5.00 Å². The summed E-state index contributed by atoms with van der Waals surface area (Å²) in [6, 6.07) is 4.87. The smallest absolute Gasteiger partial charge is 0.191 e. The van der Waals surface area contributed by atoms with Gasteiger partial charge in [0.15, 0.2) is 5.96 Å². The van der Waals surface area contributed by atoms with Crippen LogP contribution in [0.3, 0.4) is 0 Å². The molecule has 6 nitrogen and oxygen atoms in total. The molecule has 2 saturated heterocycles. The second-order valence-electron chi connectivity index (χ2n) is 7.59. The summed E-state index contributed by atoms with van der Waals surface area (Å²) in [4.78, 5) is 9.85. The third-order valence-corrected chi connectivity index (χ3v) is 6.16. The summed E-state index contributed by atoms with van der Waals surface area (Å²) in [7, 11) is 0. The maximum absolute atomic E-state index is 5.44. The van der Waals surface area contributed by atoms with Gasteiger partial charge in [-0.25, -0.2) is 0 Å². The summed E-state index contributed by atoms with van der Waals surface area (Å²) >= 11 is 1.84. The second kappa shape index (κ2) is 10.9. The van der Waals surface area contributed by atoms with Crippen LogP contribution >= 0.6 is 11.3 Å². The number of hydrogen-bond acceptors (Lipinski definition) is 5. The Morgan fingerprint density at radius 1 is 1.30 bits per heavy atom. The Bertz CT molecular complexity index is 551. The number of thiophene rings is 1. The lowest BCUT2D eigenvalue weighted by Gasteiger charge is -2.33. The molecule has 0 aromatic carbocycles. The van der Waals surface area contributed by atoms with Gasteiger partial charge in [0, 0.05) is 51.9 Å². The van der Waals surface area contributed by atoms with Crippen LogP contribution in [0.5, 0.6) is 0 Å². The maximum atomic E-state index is 5.44. The maximum Gasteiger partial charge on any atom is 0.191 e. The fourth-order valence-corrected chi connectivity index (χ4v) is 4.52. The zero-order chi connectivity index (χ0) is 18.9. The Kier molecular flexibility index (Phi) is 8.23. The molecule has 0 bridgehead atoms. The van der Waals surface area contributed by atoms with Gasteiger partial charge in [-0.3, -0.25) is 9.89 Å². The molecule has 0 aliphatic carbocycles. The zero-order valence-corrected chi connectivity index (χ0v) is 17.6. The van der Waals surface area contributed by atoms with Crippen LogP contribution in [0.2, 0.25) is 0 Å². The van der Waals surface area contributed by atoms with E-state index < -0.39 is 0 Å². The summed E-state index contributed by atoms with van der Waals surface area (Å²) in [5.74, 6) is 1.53. The summed E-state index contributed by atoms with van der Waals surface area (Å²) < 4.78 is 5.44. The van der Waals surface area contributed by atoms with Crippen molar-refractivity contribution in [3.63, 3.8) is 0 Å². The molecule has 0 spiro atoms. The van der Waals surface area contributed by atoms with E-state index in [4.69, 9.17) is 9.73 Å². The number of morpholine rings is 1. The number of guanidine groups is 1. The van der Waals surface area contributed by atoms with Crippen molar-refractivity contribution >= 4 is 22.3 Å². The van der Waals surface area contributed by atoms with E-state index in [9.17, 15) is 0 Å². The molecular weight excluding hydrogens is 358 g/mol. The molecule has 1 aromatic rings. The standard InChI is InChI=1S/C20H35N5OS/c1-3-21-20(22-15-17(2)16-24-10-12-26-13-11-24)23-18-6-8-25(9-7-18)19-5-4-14-27-19/h4-5,14,17-18H,3,6-13,15-16H2,1-2H3,(H2,21,22,23). The van der Waals surface area contributed by atoms with Crippen molar-refractivity contribution in [2.45, 2.75) is 32.7 Å². The molecule has 0 amide bonds. The van der Waals surface area contributed by atoms with Gasteiger partial charge in [-0.15, -0.1) is 11.3 Å². The number of nitrogens with one attached hydrogen (secondary N) is 2. The van der Waals surface area contributed by atoms with Crippen LogP contribution in [-0.2, 0) is 4.74 Å². The minimum absolute atomic E-state index is 0.508. The summed E-state index contributed by atoms with van der Waals surface area (Å²) in [6.45, 7) is 13.4. The van der Waals surface area contributed by atoms with Gasteiger partial charge in [-0.1, -0.05) is 6.92 Å². The molecule has 1 atom stereocenters. The predicted octanol–water partition coefficient (Wildman–Crippen LogP) is 2.24. The molecule has 3 rings (SSSR count). The zero-order valence-electron chi connectivity index (χ0n) is 16.8. The quantitative estimate of drug-likeness (QED) is 0.550. The lowest BCUT2D eigenvalue weighted by atomic mass is 10.1. The third-order valence-electron chi connectivity index (χ3n) is 5.23. The number of ether oxygens (including phenoxy) is 1. The van der Waals surface area contributed by atoms with E-state index in [1.807, 2.05) is 11.3 Å². The van der Waals surface area contributed by atoms with E-state index in [1.54, 1.807) is 0 Å². The van der Waals surface area contributed by atoms with Crippen molar-refractivity contribution in [3.05, 3.63) is 17.5 Å². The molecule has 7 heteroatoms. The van der Waals surface area contributed by atoms with Crippen molar-refractivity contribution < 1.29 is 4.74 Å². The van der Waals surface area contributed by atoms with Crippen molar-refractivity contribution in [2.24, 2.45) is 10.9 Å². The summed E-state index contributed by atoms with van der Waals surface area (Å²) in [5, 5.41) is 10.6. The average Bonchev–Trinajstić information content (AvgIpc) is 3.22. The molecule has 1 unspecified atom stereocenters. The first-order chi connectivity index (χ1) is 13.2. The Labute approximate surface area is 168 Å². The van der Waals surface area contributed by atoms with Gasteiger partial charge in [-0.05, 0) is 43.2 Å². The van der Waals surface area contributed by atoms with Crippen LogP contribution in [0.1, 0.15) is 26.7 Å². The van der Waals surface area contributed by atoms with Crippen LogP contribution < -0.4 is 15.5 Å². The van der Waals surface area contributed by atoms with Gasteiger partial charge in [0.25, 0.3) is 0 Å². The van der Waals surface area contributed by atoms with Crippen molar-refractivity contribution in [1.82, 2.24) is 15.5 Å². The van der Waals surface area contributed by atoms with Crippen molar-refractivity contribution in [1.29, 1.82) is 0 Å². The molecule has 1 aromatic heterocycles. The van der Waals surface area contributed by atoms with E-state index in [0.29, 0.717) is 12.0 Å². The number of anilines is 1. The highest BCUT2D eigenvalue weighted by Gasteiger charge is 2.21. The Morgan fingerprint density at radius 2 is 2.07 bits per heavy atom. The molecule has 2 aliphatic rings. The molecule has 152 valence electrons. The van der Waals surface area contributed by atoms with E-state index in [-0.39, 0.29) is 0 Å². The highest BCUT2D eigenvalue weighted by molar-refractivity contribution is 7.14. The minimum Gasteiger partial charge on any atom is -0.379 e. The van der Waals surface area contributed by atoms with Gasteiger partial charge >= 0.3 is 0 Å². The van der Waals surface area contributed by atoms with E-state index in [0.717, 1.165) is 77.8 Å². The molecule has 0 radical (unpaired) electrons. The predicted molar refractivity (Wildman–Crippen MR) is 115 cm³/mol. The van der Waals surface area contributed by atoms with Crippen LogP contribution in [0, 0.1) is 5.92 Å². The van der Waals surface area contributed by atoms with E-state index in [2.05, 4.69) is 51.8 Å². The fraction of sp³-hybridized carbons (Fsp3) is 0.750. The Morgan fingerprint density at radius 3 is 2.74 bits per heavy atom. The monoisotopic (exact) mass is 393 g/mol. The van der Waals surface area contributed by atoms with Gasteiger partial charge in [-0.2, -0.15) is 0 Å². The first-order valence-electron chi connectivity index (χ1n) is 10.4. The topological polar surface area (TPSA) is 52.1 Å². The lowest BCUT2D eigenvalue weighted by molar-refractivity contribution is 0.0323. The normalized spacial score (nSPS) is 21.3. The molecule has 27 heavy (non-hydrogen) atoms. The fourth-order valence-electron chi connectivity index (χ4n) is 3.74. The van der Waals surface area contributed by atoms with Gasteiger partial charge < -0.3 is 20.3 Å². The average molecular weight is 394 g/mol. The van der Waals surface area contributed by atoms with E-state index >= 15 is 0 Å². The lowest BCUT2D eigenvalue weighted by Crippen LogP contribution is -2.49. The first-order valence-corrected chi connectivity index (χ1v) is 11.3. The van der Waals surface area contributed by atoms with Crippen LogP contribution in [0.25, 0.3) is 0 Å². The van der Waals surface area contributed by atoms with Gasteiger partial charge in [0.2, 0.25) is 0 Å². The Hall–Kier alpha value is -1.31. The van der Waals surface area contributed by atoms with E-state index in [1.165, 1.54) is 5.00 Å². The third kappa shape index (κ3) is 6.66. The van der Waals surface area contributed by atoms with Gasteiger partial charge in [0.1, 0.15) is 0 Å². The molecule has 3 heterocycles. The summed E-state index contributed by atoms with van der Waals surface area (Å²) in [5.41, 5.74) is 0. The van der Waals surface area contributed by atoms with Crippen LogP contribution in [-0.4, -0.2) is 75.9 Å². The molecule has 2 N–H and O–H groups in total. The second-order valence-corrected chi connectivity index (χ2v) is 8.52. The van der Waals surface area contributed by atoms with Crippen molar-refractivity contribution in [3.8, 4) is 0 Å². The number of nitrogens with zero attached hydrogens (tertiary/aromatic N) is 3. The molecule has 2 aliphatic heterocycles. The number of aliphatic imine (C=N–C) groups is 1. The van der Waals surface area contributed by atoms with Gasteiger partial charge in [0.05, 0.1) is 18.2 Å². The van der Waals surface area contributed by atoms with Crippen molar-refractivity contribution in [2.75, 3.05) is 63.9 Å². The first kappa shape index (κ1) is 20.4. The van der Waals surface area contributed by atoms with Crippen LogP contribution in [0.15, 0.2) is 22.5 Å². The number of rotatable bonds is 7. The number of piperidine rings is 1. The molecular formula is C20H35N5OS. The SMILES string of the molecule is CCNC(=NCC(C)CN1CCOCC1)NC1CCN(c2cccs2)CC1. The minimum atomic E-state index is 0.508. The highest BCUT2D eigenvalue weighted by atomic mass is 32.1. The largest absolute Gasteiger partial charge is 0.379 e. The summed E-state index contributed by atoms with van der Waals surface area (Å²) in [6.07, 6.45) is 2.32.